The molecule has 0 amide bonds. The topological polar surface area (TPSA) is 28.2 Å². The summed E-state index contributed by atoms with van der Waals surface area (Å²) in [6, 6.07) is 8.98. The molecule has 1 aromatic carbocycles. The molecule has 0 unspecified atom stereocenters. The first-order chi connectivity index (χ1) is 9.25. The Morgan fingerprint density at radius 3 is 2.47 bits per heavy atom. The first-order valence-electron chi connectivity index (χ1n) is 7.15. The average Bonchev–Trinajstić information content (AvgIpc) is 2.92. The lowest BCUT2D eigenvalue weighted by atomic mass is 10.1. The van der Waals surface area contributed by atoms with E-state index in [4.69, 9.17) is 4.98 Å². The summed E-state index contributed by atoms with van der Waals surface area (Å²) in [5, 5.41) is 6.02. The first kappa shape index (κ1) is 12.3. The van der Waals surface area contributed by atoms with Crippen LogP contribution in [0, 0.1) is 0 Å². The van der Waals surface area contributed by atoms with Gasteiger partial charge in [0, 0.05) is 29.9 Å². The number of hydrogen-bond acceptors (Lipinski definition) is 3. The molecule has 2 heterocycles. The summed E-state index contributed by atoms with van der Waals surface area (Å²) in [4.78, 5) is 7.11. The van der Waals surface area contributed by atoms with Crippen LogP contribution >= 0.6 is 0 Å². The van der Waals surface area contributed by atoms with E-state index < -0.39 is 0 Å². The van der Waals surface area contributed by atoms with E-state index in [2.05, 4.69) is 48.3 Å². The van der Waals surface area contributed by atoms with Crippen molar-refractivity contribution in [2.45, 2.75) is 32.7 Å². The van der Waals surface area contributed by atoms with Gasteiger partial charge in [-0.05, 0) is 26.7 Å². The fraction of sp³-hybridized carbons (Fsp3) is 0.438. The van der Waals surface area contributed by atoms with Gasteiger partial charge in [0.15, 0.2) is 0 Å². The third-order valence-electron chi connectivity index (χ3n) is 3.62. The van der Waals surface area contributed by atoms with Crippen LogP contribution in [0.4, 0.5) is 11.5 Å². The first-order valence-corrected chi connectivity index (χ1v) is 7.15. The molecule has 0 radical (unpaired) electrons. The Morgan fingerprint density at radius 1 is 1.11 bits per heavy atom. The van der Waals surface area contributed by atoms with E-state index in [0.29, 0.717) is 6.04 Å². The van der Waals surface area contributed by atoms with Crippen LogP contribution in [0.15, 0.2) is 30.5 Å². The SMILES string of the molecule is CC(C)Nc1cnc(N2CCCC2)c2ccccc12. The molecule has 100 valence electrons. The van der Waals surface area contributed by atoms with Crippen molar-refractivity contribution < 1.29 is 0 Å². The minimum Gasteiger partial charge on any atom is -0.381 e. The maximum absolute atomic E-state index is 4.71. The number of nitrogens with zero attached hydrogens (tertiary/aromatic N) is 2. The molecule has 3 heteroatoms. The molecular weight excluding hydrogens is 234 g/mol. The zero-order valence-electron chi connectivity index (χ0n) is 11.7. The van der Waals surface area contributed by atoms with Crippen molar-refractivity contribution in [3.05, 3.63) is 30.5 Å². The third-order valence-corrected chi connectivity index (χ3v) is 3.62. The molecule has 1 N–H and O–H groups in total. The zero-order valence-corrected chi connectivity index (χ0v) is 11.7. The van der Waals surface area contributed by atoms with Gasteiger partial charge in [-0.15, -0.1) is 0 Å². The van der Waals surface area contributed by atoms with Crippen LogP contribution in [0.5, 0.6) is 0 Å². The summed E-state index contributed by atoms with van der Waals surface area (Å²) in [6.07, 6.45) is 4.54. The van der Waals surface area contributed by atoms with Gasteiger partial charge in [-0.3, -0.25) is 0 Å². The van der Waals surface area contributed by atoms with Crippen LogP contribution < -0.4 is 10.2 Å². The molecule has 0 spiro atoms. The average molecular weight is 255 g/mol. The van der Waals surface area contributed by atoms with Gasteiger partial charge in [-0.1, -0.05) is 24.3 Å². The summed E-state index contributed by atoms with van der Waals surface area (Å²) in [5.41, 5.74) is 1.13. The van der Waals surface area contributed by atoms with E-state index in [0.717, 1.165) is 24.6 Å². The van der Waals surface area contributed by atoms with Crippen molar-refractivity contribution in [1.82, 2.24) is 4.98 Å². The molecule has 1 aliphatic heterocycles. The predicted octanol–water partition coefficient (Wildman–Crippen LogP) is 3.66. The van der Waals surface area contributed by atoms with Gasteiger partial charge in [-0.2, -0.15) is 0 Å². The van der Waals surface area contributed by atoms with Gasteiger partial charge in [0.1, 0.15) is 5.82 Å². The Morgan fingerprint density at radius 2 is 1.79 bits per heavy atom. The van der Waals surface area contributed by atoms with Crippen LogP contribution in [0.1, 0.15) is 26.7 Å². The molecule has 0 atom stereocenters. The zero-order chi connectivity index (χ0) is 13.2. The smallest absolute Gasteiger partial charge is 0.136 e. The largest absolute Gasteiger partial charge is 0.381 e. The number of benzene rings is 1. The summed E-state index contributed by atoms with van der Waals surface area (Å²) in [6.45, 7) is 6.58. The van der Waals surface area contributed by atoms with E-state index in [9.17, 15) is 0 Å². The number of rotatable bonds is 3. The molecule has 3 rings (SSSR count). The minimum atomic E-state index is 0.419. The standard InChI is InChI=1S/C16H21N3/c1-12(2)18-15-11-17-16(19-9-5-6-10-19)14-8-4-3-7-13(14)15/h3-4,7-8,11-12,18H,5-6,9-10H2,1-2H3. The Balaban J connectivity index is 2.10. The molecule has 19 heavy (non-hydrogen) atoms. The van der Waals surface area contributed by atoms with E-state index in [1.165, 1.54) is 23.6 Å². The minimum absolute atomic E-state index is 0.419. The van der Waals surface area contributed by atoms with Gasteiger partial charge in [0.2, 0.25) is 0 Å². The van der Waals surface area contributed by atoms with Crippen LogP contribution in [-0.4, -0.2) is 24.1 Å². The van der Waals surface area contributed by atoms with Crippen LogP contribution in [0.3, 0.4) is 0 Å². The van der Waals surface area contributed by atoms with Crippen LogP contribution in [0.25, 0.3) is 10.8 Å². The van der Waals surface area contributed by atoms with Crippen LogP contribution in [-0.2, 0) is 0 Å². The second-order valence-electron chi connectivity index (χ2n) is 5.53. The second-order valence-corrected chi connectivity index (χ2v) is 5.53. The van der Waals surface area contributed by atoms with Crippen molar-refractivity contribution in [2.75, 3.05) is 23.3 Å². The van der Waals surface area contributed by atoms with Gasteiger partial charge in [0.05, 0.1) is 11.9 Å². The molecule has 0 saturated carbocycles. The Labute approximate surface area is 114 Å². The Kier molecular flexibility index (Phi) is 3.28. The molecule has 3 nitrogen and oxygen atoms in total. The number of anilines is 2. The number of nitrogens with one attached hydrogen (secondary N) is 1. The van der Waals surface area contributed by atoms with Crippen molar-refractivity contribution in [1.29, 1.82) is 0 Å². The Hall–Kier alpha value is -1.77. The van der Waals surface area contributed by atoms with Gasteiger partial charge in [-0.25, -0.2) is 4.98 Å². The van der Waals surface area contributed by atoms with Crippen LogP contribution in [0.2, 0.25) is 0 Å². The highest BCUT2D eigenvalue weighted by atomic mass is 15.2. The monoisotopic (exact) mass is 255 g/mol. The van der Waals surface area contributed by atoms with Crippen molar-refractivity contribution in [3.8, 4) is 0 Å². The lowest BCUT2D eigenvalue weighted by molar-refractivity contribution is 0.898. The van der Waals surface area contributed by atoms with E-state index >= 15 is 0 Å². The molecule has 0 aliphatic carbocycles. The molecule has 1 aromatic heterocycles. The molecule has 1 aliphatic rings. The molecule has 1 fully saturated rings. The van der Waals surface area contributed by atoms with Crippen molar-refractivity contribution in [2.24, 2.45) is 0 Å². The lowest BCUT2D eigenvalue weighted by Crippen LogP contribution is -2.19. The summed E-state index contributed by atoms with van der Waals surface area (Å²) in [5.74, 6) is 1.14. The van der Waals surface area contributed by atoms with Gasteiger partial charge in [0.25, 0.3) is 0 Å². The van der Waals surface area contributed by atoms with Gasteiger partial charge >= 0.3 is 0 Å². The summed E-state index contributed by atoms with van der Waals surface area (Å²) < 4.78 is 0. The highest BCUT2D eigenvalue weighted by Crippen LogP contribution is 2.31. The molecule has 0 bridgehead atoms. The molecule has 2 aromatic rings. The van der Waals surface area contributed by atoms with Crippen molar-refractivity contribution in [3.63, 3.8) is 0 Å². The van der Waals surface area contributed by atoms with Crippen molar-refractivity contribution >= 4 is 22.3 Å². The number of aromatic nitrogens is 1. The Bertz CT molecular complexity index is 571. The normalized spacial score (nSPS) is 15.4. The maximum atomic E-state index is 4.71. The highest BCUT2D eigenvalue weighted by Gasteiger charge is 2.17. The quantitative estimate of drug-likeness (QED) is 0.907. The maximum Gasteiger partial charge on any atom is 0.136 e. The summed E-state index contributed by atoms with van der Waals surface area (Å²) >= 11 is 0. The summed E-state index contributed by atoms with van der Waals surface area (Å²) in [7, 11) is 0. The second kappa shape index (κ2) is 5.08. The third kappa shape index (κ3) is 2.37. The highest BCUT2D eigenvalue weighted by molar-refractivity contribution is 6.00. The fourth-order valence-electron chi connectivity index (χ4n) is 2.78. The van der Waals surface area contributed by atoms with Gasteiger partial charge < -0.3 is 10.2 Å². The molecule has 1 saturated heterocycles. The predicted molar refractivity (Wildman–Crippen MR) is 81.9 cm³/mol. The lowest BCUT2D eigenvalue weighted by Gasteiger charge is -2.20. The van der Waals surface area contributed by atoms with E-state index in [-0.39, 0.29) is 0 Å². The number of fused-ring (bicyclic) bond motifs is 1. The number of pyridine rings is 1. The molecular formula is C16H21N3. The van der Waals surface area contributed by atoms with E-state index in [1.807, 2.05) is 6.20 Å². The number of hydrogen-bond donors (Lipinski definition) is 1. The van der Waals surface area contributed by atoms with E-state index in [1.54, 1.807) is 0 Å². The fourth-order valence-corrected chi connectivity index (χ4v) is 2.78.